The Hall–Kier alpha value is -2.14. The third-order valence-corrected chi connectivity index (χ3v) is 4.07. The SMILES string of the molecule is Cc1ccc(-n2c(=O)[nH]c3cccc(C)c3c2=O)s1. The Morgan fingerprint density at radius 3 is 2.58 bits per heavy atom. The van der Waals surface area contributed by atoms with Gasteiger partial charge in [0.25, 0.3) is 5.56 Å². The van der Waals surface area contributed by atoms with Crippen LogP contribution in [0, 0.1) is 13.8 Å². The zero-order chi connectivity index (χ0) is 13.6. The minimum absolute atomic E-state index is 0.265. The number of hydrogen-bond acceptors (Lipinski definition) is 3. The number of aryl methyl sites for hydroxylation is 2. The quantitative estimate of drug-likeness (QED) is 0.739. The van der Waals surface area contributed by atoms with Gasteiger partial charge in [-0.05, 0) is 37.6 Å². The lowest BCUT2D eigenvalue weighted by Crippen LogP contribution is -2.33. The largest absolute Gasteiger partial charge is 0.334 e. The third-order valence-electron chi connectivity index (χ3n) is 3.08. The van der Waals surface area contributed by atoms with Crippen LogP contribution in [0.5, 0.6) is 0 Å². The van der Waals surface area contributed by atoms with Crippen LogP contribution in [0.1, 0.15) is 10.4 Å². The van der Waals surface area contributed by atoms with Crippen LogP contribution in [0.2, 0.25) is 0 Å². The molecule has 1 aromatic carbocycles. The van der Waals surface area contributed by atoms with E-state index in [4.69, 9.17) is 0 Å². The Kier molecular flexibility index (Phi) is 2.64. The number of rotatable bonds is 1. The fourth-order valence-electron chi connectivity index (χ4n) is 2.17. The Labute approximate surface area is 113 Å². The van der Waals surface area contributed by atoms with Gasteiger partial charge in [-0.1, -0.05) is 12.1 Å². The van der Waals surface area contributed by atoms with Gasteiger partial charge in [-0.3, -0.25) is 4.79 Å². The third kappa shape index (κ3) is 1.82. The van der Waals surface area contributed by atoms with Gasteiger partial charge in [-0.2, -0.15) is 0 Å². The maximum atomic E-state index is 12.5. The van der Waals surface area contributed by atoms with E-state index < -0.39 is 5.69 Å². The molecule has 3 rings (SSSR count). The first-order chi connectivity index (χ1) is 9.08. The standard InChI is InChI=1S/C14H12N2O2S/c1-8-4-3-5-10-12(8)13(17)16(14(18)15-10)11-7-6-9(2)19-11/h3-7H,1-2H3,(H,15,18). The predicted molar refractivity (Wildman–Crippen MR) is 77.5 cm³/mol. The zero-order valence-corrected chi connectivity index (χ0v) is 11.4. The maximum absolute atomic E-state index is 12.5. The van der Waals surface area contributed by atoms with Gasteiger partial charge < -0.3 is 4.98 Å². The lowest BCUT2D eigenvalue weighted by Gasteiger charge is -2.05. The summed E-state index contributed by atoms with van der Waals surface area (Å²) in [5.74, 6) is 0. The molecule has 5 heteroatoms. The van der Waals surface area contributed by atoms with Crippen molar-refractivity contribution in [3.05, 3.63) is 61.6 Å². The van der Waals surface area contributed by atoms with Gasteiger partial charge in [-0.15, -0.1) is 11.3 Å². The van der Waals surface area contributed by atoms with E-state index in [1.54, 1.807) is 12.1 Å². The fraction of sp³-hybridized carbons (Fsp3) is 0.143. The molecule has 1 N–H and O–H groups in total. The molecule has 0 amide bonds. The van der Waals surface area contributed by atoms with Crippen molar-refractivity contribution in [2.75, 3.05) is 0 Å². The van der Waals surface area contributed by atoms with Crippen LogP contribution in [-0.4, -0.2) is 9.55 Å². The summed E-state index contributed by atoms with van der Waals surface area (Å²) in [4.78, 5) is 28.4. The number of nitrogens with one attached hydrogen (secondary N) is 1. The summed E-state index contributed by atoms with van der Waals surface area (Å²) >= 11 is 1.43. The molecule has 0 bridgehead atoms. The highest BCUT2D eigenvalue weighted by Crippen LogP contribution is 2.18. The van der Waals surface area contributed by atoms with Gasteiger partial charge in [0.15, 0.2) is 0 Å². The fourth-order valence-corrected chi connectivity index (χ4v) is 3.03. The number of aromatic amines is 1. The summed E-state index contributed by atoms with van der Waals surface area (Å²) in [6.45, 7) is 3.81. The van der Waals surface area contributed by atoms with Crippen molar-refractivity contribution >= 4 is 22.2 Å². The molecular formula is C14H12N2O2S. The second kappa shape index (κ2) is 4.20. The zero-order valence-electron chi connectivity index (χ0n) is 10.6. The van der Waals surface area contributed by atoms with Crippen LogP contribution in [0.3, 0.4) is 0 Å². The molecule has 0 saturated heterocycles. The Morgan fingerprint density at radius 1 is 1.11 bits per heavy atom. The lowest BCUT2D eigenvalue weighted by atomic mass is 10.1. The molecule has 0 spiro atoms. The van der Waals surface area contributed by atoms with Crippen LogP contribution in [0.4, 0.5) is 0 Å². The molecule has 2 heterocycles. The van der Waals surface area contributed by atoms with Crippen molar-refractivity contribution in [1.82, 2.24) is 9.55 Å². The molecule has 3 aromatic rings. The van der Waals surface area contributed by atoms with Gasteiger partial charge in [0.1, 0.15) is 5.00 Å². The van der Waals surface area contributed by atoms with Crippen molar-refractivity contribution < 1.29 is 0 Å². The Bertz CT molecular complexity index is 886. The molecule has 2 aromatic heterocycles. The van der Waals surface area contributed by atoms with E-state index in [0.29, 0.717) is 15.9 Å². The molecule has 0 aliphatic rings. The van der Waals surface area contributed by atoms with Crippen molar-refractivity contribution in [1.29, 1.82) is 0 Å². The van der Waals surface area contributed by atoms with E-state index in [1.807, 2.05) is 32.0 Å². The summed E-state index contributed by atoms with van der Waals surface area (Å²) in [5, 5.41) is 1.21. The molecule has 0 unspecified atom stereocenters. The molecular weight excluding hydrogens is 260 g/mol. The molecule has 4 nitrogen and oxygen atoms in total. The van der Waals surface area contributed by atoms with Crippen molar-refractivity contribution in [2.24, 2.45) is 0 Å². The minimum atomic E-state index is -0.398. The lowest BCUT2D eigenvalue weighted by molar-refractivity contribution is 0.916. The summed E-state index contributed by atoms with van der Waals surface area (Å²) in [5.41, 5.74) is 0.781. The number of benzene rings is 1. The number of nitrogens with zero attached hydrogens (tertiary/aromatic N) is 1. The van der Waals surface area contributed by atoms with Crippen LogP contribution < -0.4 is 11.2 Å². The van der Waals surface area contributed by atoms with Crippen LogP contribution in [0.15, 0.2) is 39.9 Å². The molecule has 0 fully saturated rings. The van der Waals surface area contributed by atoms with E-state index in [9.17, 15) is 9.59 Å². The molecule has 0 radical (unpaired) electrons. The van der Waals surface area contributed by atoms with E-state index in [-0.39, 0.29) is 5.56 Å². The molecule has 0 aliphatic carbocycles. The number of H-pyrrole nitrogens is 1. The number of thiophene rings is 1. The average molecular weight is 272 g/mol. The van der Waals surface area contributed by atoms with E-state index >= 15 is 0 Å². The highest BCUT2D eigenvalue weighted by Gasteiger charge is 2.12. The highest BCUT2D eigenvalue weighted by molar-refractivity contribution is 7.14. The molecule has 0 atom stereocenters. The average Bonchev–Trinajstić information content (AvgIpc) is 2.75. The second-order valence-electron chi connectivity index (χ2n) is 4.45. The molecule has 19 heavy (non-hydrogen) atoms. The van der Waals surface area contributed by atoms with E-state index in [0.717, 1.165) is 10.4 Å². The van der Waals surface area contributed by atoms with E-state index in [1.165, 1.54) is 15.9 Å². The molecule has 0 saturated carbocycles. The van der Waals surface area contributed by atoms with Crippen molar-refractivity contribution in [3.8, 4) is 5.00 Å². The number of aromatic nitrogens is 2. The number of fused-ring (bicyclic) bond motifs is 1. The normalized spacial score (nSPS) is 11.1. The Morgan fingerprint density at radius 2 is 1.89 bits per heavy atom. The van der Waals surface area contributed by atoms with Gasteiger partial charge in [0.2, 0.25) is 0 Å². The van der Waals surface area contributed by atoms with Gasteiger partial charge in [0, 0.05) is 4.88 Å². The topological polar surface area (TPSA) is 54.9 Å². The van der Waals surface area contributed by atoms with E-state index in [2.05, 4.69) is 4.98 Å². The minimum Gasteiger partial charge on any atom is -0.306 e. The maximum Gasteiger partial charge on any atom is 0.334 e. The van der Waals surface area contributed by atoms with Crippen LogP contribution in [0.25, 0.3) is 15.9 Å². The summed E-state index contributed by atoms with van der Waals surface area (Å²) < 4.78 is 1.20. The Balaban J connectivity index is 2.47. The highest BCUT2D eigenvalue weighted by atomic mass is 32.1. The van der Waals surface area contributed by atoms with Crippen molar-refractivity contribution in [2.45, 2.75) is 13.8 Å². The van der Waals surface area contributed by atoms with Gasteiger partial charge in [-0.25, -0.2) is 9.36 Å². The summed E-state index contributed by atoms with van der Waals surface area (Å²) in [7, 11) is 0. The van der Waals surface area contributed by atoms with Crippen LogP contribution >= 0.6 is 11.3 Å². The first-order valence-electron chi connectivity index (χ1n) is 5.89. The smallest absolute Gasteiger partial charge is 0.306 e. The van der Waals surface area contributed by atoms with Crippen LogP contribution in [-0.2, 0) is 0 Å². The second-order valence-corrected chi connectivity index (χ2v) is 5.72. The summed E-state index contributed by atoms with van der Waals surface area (Å²) in [6.07, 6.45) is 0. The number of hydrogen-bond donors (Lipinski definition) is 1. The van der Waals surface area contributed by atoms with Gasteiger partial charge in [0.05, 0.1) is 10.9 Å². The van der Waals surface area contributed by atoms with Crippen molar-refractivity contribution in [3.63, 3.8) is 0 Å². The molecule has 0 aliphatic heterocycles. The first-order valence-corrected chi connectivity index (χ1v) is 6.71. The van der Waals surface area contributed by atoms with Gasteiger partial charge >= 0.3 is 5.69 Å². The summed E-state index contributed by atoms with van der Waals surface area (Å²) in [6, 6.07) is 9.13. The predicted octanol–water partition coefficient (Wildman–Crippen LogP) is 2.36. The molecule has 96 valence electrons. The monoisotopic (exact) mass is 272 g/mol. The first kappa shape index (κ1) is 11.9.